The standard InChI is InChI=1S/C29H31BrN6O2/c30-21-11-9-19(10-12-21)29(38)34-22-6-3-5-20(17-22)25(13-16-36-14-1-2-15-36)35-28-24-8-4-7-23(27(31)37)26(24)32-18-33-28/h3,5-6,8-12,17-18,25H,1-2,4,7,13-16H2,(H2,31,37)(H,34,38)(H,32,33,35). The lowest BCUT2D eigenvalue weighted by Gasteiger charge is -2.24. The second-order valence-corrected chi connectivity index (χ2v) is 10.6. The van der Waals surface area contributed by atoms with E-state index in [1.807, 2.05) is 30.3 Å². The maximum absolute atomic E-state index is 12.8. The van der Waals surface area contributed by atoms with Crippen LogP contribution < -0.4 is 26.9 Å². The van der Waals surface area contributed by atoms with Gasteiger partial charge < -0.3 is 21.3 Å². The molecule has 2 amide bonds. The van der Waals surface area contributed by atoms with Crippen LogP contribution >= 0.6 is 15.9 Å². The van der Waals surface area contributed by atoms with Crippen LogP contribution in [0.4, 0.5) is 11.5 Å². The summed E-state index contributed by atoms with van der Waals surface area (Å²) in [6.45, 7) is 3.18. The van der Waals surface area contributed by atoms with Crippen LogP contribution in [0.25, 0.3) is 11.6 Å². The summed E-state index contributed by atoms with van der Waals surface area (Å²) in [5, 5.41) is 8.08. The Morgan fingerprint density at radius 2 is 1.87 bits per heavy atom. The molecule has 1 fully saturated rings. The number of hydrogen-bond donors (Lipinski definition) is 3. The molecular formula is C29H31BrN6O2. The molecule has 1 saturated heterocycles. The summed E-state index contributed by atoms with van der Waals surface area (Å²) in [6.07, 6.45) is 8.16. The molecular weight excluding hydrogens is 544 g/mol. The van der Waals surface area contributed by atoms with E-state index in [1.165, 1.54) is 19.2 Å². The average Bonchev–Trinajstić information content (AvgIpc) is 3.45. The lowest BCUT2D eigenvalue weighted by atomic mass is 10.0. The number of carbonyl (C=O) groups is 2. The highest BCUT2D eigenvalue weighted by atomic mass is 79.9. The first-order valence-corrected chi connectivity index (χ1v) is 13.8. The number of anilines is 2. The molecule has 2 heterocycles. The van der Waals surface area contributed by atoms with Crippen molar-refractivity contribution in [3.05, 3.63) is 81.0 Å². The molecule has 38 heavy (non-hydrogen) atoms. The zero-order valence-electron chi connectivity index (χ0n) is 21.1. The third kappa shape index (κ3) is 6.11. The van der Waals surface area contributed by atoms with Crippen molar-refractivity contribution in [1.29, 1.82) is 0 Å². The van der Waals surface area contributed by atoms with Crippen LogP contribution in [0.15, 0.2) is 59.3 Å². The third-order valence-electron chi connectivity index (χ3n) is 7.11. The zero-order valence-corrected chi connectivity index (χ0v) is 22.7. The van der Waals surface area contributed by atoms with Crippen molar-refractivity contribution in [1.82, 2.24) is 14.9 Å². The number of primary amides is 1. The van der Waals surface area contributed by atoms with Gasteiger partial charge in [-0.15, -0.1) is 0 Å². The van der Waals surface area contributed by atoms with E-state index in [0.717, 1.165) is 47.0 Å². The fraction of sp³-hybridized carbons (Fsp3) is 0.310. The van der Waals surface area contributed by atoms with Crippen molar-refractivity contribution in [3.63, 3.8) is 0 Å². The summed E-state index contributed by atoms with van der Waals surface area (Å²) < 4.78 is 0.924. The topological polar surface area (TPSA) is 113 Å². The molecule has 1 aliphatic carbocycles. The molecule has 1 atom stereocenters. The lowest BCUT2D eigenvalue weighted by Crippen LogP contribution is -2.39. The van der Waals surface area contributed by atoms with Gasteiger partial charge in [-0.2, -0.15) is 0 Å². The summed E-state index contributed by atoms with van der Waals surface area (Å²) in [6, 6.07) is 15.1. The van der Waals surface area contributed by atoms with Crippen LogP contribution in [0.5, 0.6) is 0 Å². The predicted octanol–water partition coefficient (Wildman–Crippen LogP) is 3.34. The fourth-order valence-electron chi connectivity index (χ4n) is 5.11. The van der Waals surface area contributed by atoms with E-state index >= 15 is 0 Å². The second-order valence-electron chi connectivity index (χ2n) is 9.69. The quantitative estimate of drug-likeness (QED) is 0.361. The number of amides is 2. The highest BCUT2D eigenvalue weighted by Gasteiger charge is 2.20. The molecule has 1 unspecified atom stereocenters. The normalized spacial score (nSPS) is 15.9. The van der Waals surface area contributed by atoms with Crippen molar-refractivity contribution in [2.75, 3.05) is 30.3 Å². The molecule has 0 spiro atoms. The number of nitrogens with one attached hydrogen (secondary N) is 2. The summed E-state index contributed by atoms with van der Waals surface area (Å²) in [7, 11) is 0. The maximum Gasteiger partial charge on any atom is 0.255 e. The second kappa shape index (κ2) is 11.9. The Morgan fingerprint density at radius 1 is 1.08 bits per heavy atom. The molecule has 0 saturated carbocycles. The van der Waals surface area contributed by atoms with Gasteiger partial charge in [0.25, 0.3) is 5.91 Å². The predicted molar refractivity (Wildman–Crippen MR) is 153 cm³/mol. The Bertz CT molecular complexity index is 1450. The summed E-state index contributed by atoms with van der Waals surface area (Å²) in [5.74, 6) is 0.0817. The number of halogens is 1. The minimum Gasteiger partial charge on any atom is -0.366 e. The Labute approximate surface area is 230 Å². The van der Waals surface area contributed by atoms with Gasteiger partial charge in [-0.3, -0.25) is 9.59 Å². The van der Waals surface area contributed by atoms with Crippen LogP contribution in [0.3, 0.4) is 0 Å². The summed E-state index contributed by atoms with van der Waals surface area (Å²) >= 11 is 3.41. The molecule has 1 aromatic heterocycles. The molecule has 196 valence electrons. The fourth-order valence-corrected chi connectivity index (χ4v) is 5.37. The molecule has 2 aromatic carbocycles. The number of aromatic nitrogens is 2. The van der Waals surface area contributed by atoms with Crippen LogP contribution in [0.2, 0.25) is 0 Å². The van der Waals surface area contributed by atoms with E-state index in [9.17, 15) is 9.59 Å². The molecule has 4 N–H and O–H groups in total. The van der Waals surface area contributed by atoms with Gasteiger partial charge in [-0.25, -0.2) is 9.97 Å². The number of carbonyl (C=O) groups excluding carboxylic acids is 2. The molecule has 2 aliphatic rings. The van der Waals surface area contributed by atoms with Crippen molar-refractivity contribution >= 4 is 50.9 Å². The van der Waals surface area contributed by atoms with Gasteiger partial charge in [0.05, 0.1) is 11.4 Å². The van der Waals surface area contributed by atoms with E-state index in [0.29, 0.717) is 35.1 Å². The van der Waals surface area contributed by atoms with E-state index in [2.05, 4.69) is 53.6 Å². The Hall–Kier alpha value is -3.56. The number of rotatable bonds is 9. The average molecular weight is 576 g/mol. The Kier molecular flexibility index (Phi) is 8.14. The van der Waals surface area contributed by atoms with Gasteiger partial charge in [0, 0.05) is 33.1 Å². The van der Waals surface area contributed by atoms with Gasteiger partial charge in [-0.05, 0) is 87.2 Å². The third-order valence-corrected chi connectivity index (χ3v) is 7.64. The highest BCUT2D eigenvalue weighted by molar-refractivity contribution is 9.10. The van der Waals surface area contributed by atoms with E-state index in [4.69, 9.17) is 5.73 Å². The lowest BCUT2D eigenvalue weighted by molar-refractivity contribution is -0.113. The number of benzene rings is 2. The Morgan fingerprint density at radius 3 is 2.63 bits per heavy atom. The molecule has 3 aromatic rings. The minimum absolute atomic E-state index is 0.0634. The van der Waals surface area contributed by atoms with Crippen LogP contribution in [0, 0.1) is 0 Å². The van der Waals surface area contributed by atoms with E-state index in [-0.39, 0.29) is 11.9 Å². The number of hydrogen-bond acceptors (Lipinski definition) is 6. The van der Waals surface area contributed by atoms with Crippen LogP contribution in [0.1, 0.15) is 54.1 Å². The van der Waals surface area contributed by atoms with Gasteiger partial charge >= 0.3 is 0 Å². The van der Waals surface area contributed by atoms with E-state index in [1.54, 1.807) is 12.1 Å². The molecule has 5 rings (SSSR count). The number of nitrogens with two attached hydrogens (primary N) is 1. The van der Waals surface area contributed by atoms with Gasteiger partial charge in [0.2, 0.25) is 5.91 Å². The number of nitrogens with zero attached hydrogens (tertiary/aromatic N) is 3. The first-order chi connectivity index (χ1) is 18.5. The molecule has 9 heteroatoms. The van der Waals surface area contributed by atoms with Crippen molar-refractivity contribution in [2.24, 2.45) is 5.73 Å². The highest BCUT2D eigenvalue weighted by Crippen LogP contribution is 2.25. The van der Waals surface area contributed by atoms with Crippen LogP contribution in [-0.4, -0.2) is 46.3 Å². The molecule has 1 aliphatic heterocycles. The monoisotopic (exact) mass is 574 g/mol. The van der Waals surface area contributed by atoms with Gasteiger partial charge in [-0.1, -0.05) is 34.1 Å². The van der Waals surface area contributed by atoms with Crippen molar-refractivity contribution < 1.29 is 9.59 Å². The van der Waals surface area contributed by atoms with Crippen LogP contribution in [-0.2, 0) is 4.79 Å². The number of likely N-dealkylation sites (tertiary alicyclic amines) is 1. The Balaban J connectivity index is 1.43. The first kappa shape index (κ1) is 26.1. The summed E-state index contributed by atoms with van der Waals surface area (Å²) in [5.41, 5.74) is 8.53. The SMILES string of the molecule is NC(=O)C1=c2ncnc(NC(CCN3CCCC3)c3cccc(NC(=O)c4ccc(Br)cc4)c3)c2=CCC1. The molecule has 8 nitrogen and oxygen atoms in total. The summed E-state index contributed by atoms with van der Waals surface area (Å²) in [4.78, 5) is 36.2. The van der Waals surface area contributed by atoms with Gasteiger partial charge in [0.15, 0.2) is 0 Å². The van der Waals surface area contributed by atoms with Gasteiger partial charge in [0.1, 0.15) is 12.1 Å². The zero-order chi connectivity index (χ0) is 26.5. The number of fused-ring (bicyclic) bond motifs is 1. The maximum atomic E-state index is 12.8. The first-order valence-electron chi connectivity index (χ1n) is 13.0. The largest absolute Gasteiger partial charge is 0.366 e. The molecule has 0 radical (unpaired) electrons. The minimum atomic E-state index is -0.441. The smallest absolute Gasteiger partial charge is 0.255 e. The van der Waals surface area contributed by atoms with E-state index < -0.39 is 5.91 Å². The van der Waals surface area contributed by atoms with Crippen molar-refractivity contribution in [3.8, 4) is 0 Å². The van der Waals surface area contributed by atoms with Crippen molar-refractivity contribution in [2.45, 2.75) is 38.1 Å². The molecule has 0 bridgehead atoms.